The fourth-order valence-corrected chi connectivity index (χ4v) is 1.85. The molecule has 7 nitrogen and oxygen atoms in total. The Morgan fingerprint density at radius 2 is 2.00 bits per heavy atom. The van der Waals surface area contributed by atoms with Crippen LogP contribution in [0.3, 0.4) is 0 Å². The standard InChI is InChI=1S/C10H17N3O4/c1-7(14)13-4-3-12(9(15)5-11)6-8(13)10(16)17-2/h8H,3-6,11H2,1-2H3. The molecule has 1 saturated heterocycles. The summed E-state index contributed by atoms with van der Waals surface area (Å²) in [7, 11) is 1.25. The van der Waals surface area contributed by atoms with E-state index in [-0.39, 0.29) is 24.9 Å². The number of carbonyl (C=O) groups is 3. The highest BCUT2D eigenvalue weighted by atomic mass is 16.5. The zero-order valence-corrected chi connectivity index (χ0v) is 10.0. The lowest BCUT2D eigenvalue weighted by molar-refractivity contribution is -0.157. The van der Waals surface area contributed by atoms with E-state index in [2.05, 4.69) is 4.74 Å². The van der Waals surface area contributed by atoms with Gasteiger partial charge in [-0.1, -0.05) is 0 Å². The first kappa shape index (κ1) is 13.4. The Labute approximate surface area is 99.5 Å². The molecule has 1 unspecified atom stereocenters. The van der Waals surface area contributed by atoms with Crippen LogP contribution in [0.1, 0.15) is 6.92 Å². The molecule has 0 radical (unpaired) electrons. The Morgan fingerprint density at radius 1 is 1.35 bits per heavy atom. The molecule has 1 rings (SSSR count). The van der Waals surface area contributed by atoms with Crippen molar-refractivity contribution in [3.63, 3.8) is 0 Å². The van der Waals surface area contributed by atoms with Crippen molar-refractivity contribution in [2.45, 2.75) is 13.0 Å². The molecule has 0 bridgehead atoms. The van der Waals surface area contributed by atoms with Crippen LogP contribution in [0.5, 0.6) is 0 Å². The average molecular weight is 243 g/mol. The van der Waals surface area contributed by atoms with Crippen LogP contribution >= 0.6 is 0 Å². The summed E-state index contributed by atoms with van der Waals surface area (Å²) in [6, 6.07) is -0.734. The molecular weight excluding hydrogens is 226 g/mol. The Morgan fingerprint density at radius 3 is 2.47 bits per heavy atom. The van der Waals surface area contributed by atoms with E-state index >= 15 is 0 Å². The minimum Gasteiger partial charge on any atom is -0.467 e. The van der Waals surface area contributed by atoms with Gasteiger partial charge in [0.15, 0.2) is 0 Å². The van der Waals surface area contributed by atoms with Crippen molar-refractivity contribution in [3.8, 4) is 0 Å². The SMILES string of the molecule is COC(=O)C1CN(C(=O)CN)CCN1C(C)=O. The summed E-state index contributed by atoms with van der Waals surface area (Å²) >= 11 is 0. The van der Waals surface area contributed by atoms with Gasteiger partial charge in [-0.15, -0.1) is 0 Å². The third-order valence-electron chi connectivity index (χ3n) is 2.79. The van der Waals surface area contributed by atoms with Gasteiger partial charge in [-0.25, -0.2) is 4.79 Å². The smallest absolute Gasteiger partial charge is 0.330 e. The Bertz CT molecular complexity index is 332. The van der Waals surface area contributed by atoms with Gasteiger partial charge in [-0.05, 0) is 0 Å². The van der Waals surface area contributed by atoms with Gasteiger partial charge in [0, 0.05) is 20.0 Å². The number of ether oxygens (including phenoxy) is 1. The molecule has 1 aliphatic heterocycles. The van der Waals surface area contributed by atoms with Crippen LogP contribution in [0.4, 0.5) is 0 Å². The molecule has 0 spiro atoms. The van der Waals surface area contributed by atoms with E-state index in [1.165, 1.54) is 23.8 Å². The second-order valence-electron chi connectivity index (χ2n) is 3.80. The first-order chi connectivity index (χ1) is 8.01. The number of esters is 1. The van der Waals surface area contributed by atoms with Crippen molar-refractivity contribution in [3.05, 3.63) is 0 Å². The van der Waals surface area contributed by atoms with Crippen LogP contribution in [0.25, 0.3) is 0 Å². The van der Waals surface area contributed by atoms with Crippen molar-refractivity contribution >= 4 is 17.8 Å². The van der Waals surface area contributed by atoms with Gasteiger partial charge in [-0.2, -0.15) is 0 Å². The number of methoxy groups -OCH3 is 1. The van der Waals surface area contributed by atoms with Gasteiger partial charge in [0.25, 0.3) is 0 Å². The van der Waals surface area contributed by atoms with E-state index in [1.54, 1.807) is 0 Å². The van der Waals surface area contributed by atoms with Gasteiger partial charge >= 0.3 is 5.97 Å². The number of carbonyl (C=O) groups excluding carboxylic acids is 3. The lowest BCUT2D eigenvalue weighted by Gasteiger charge is -2.39. The van der Waals surface area contributed by atoms with Gasteiger partial charge < -0.3 is 20.3 Å². The molecule has 1 fully saturated rings. The molecule has 1 heterocycles. The Balaban J connectivity index is 2.80. The van der Waals surface area contributed by atoms with Crippen molar-refractivity contribution < 1.29 is 19.1 Å². The predicted molar refractivity (Wildman–Crippen MR) is 58.8 cm³/mol. The van der Waals surface area contributed by atoms with Crippen molar-refractivity contribution in [2.24, 2.45) is 5.73 Å². The summed E-state index contributed by atoms with van der Waals surface area (Å²) < 4.78 is 4.63. The van der Waals surface area contributed by atoms with Gasteiger partial charge in [0.05, 0.1) is 20.2 Å². The van der Waals surface area contributed by atoms with Crippen molar-refractivity contribution in [2.75, 3.05) is 33.3 Å². The summed E-state index contributed by atoms with van der Waals surface area (Å²) in [5, 5.41) is 0. The molecule has 17 heavy (non-hydrogen) atoms. The number of piperazine rings is 1. The lowest BCUT2D eigenvalue weighted by atomic mass is 10.1. The van der Waals surface area contributed by atoms with Crippen LogP contribution in [-0.2, 0) is 19.1 Å². The Hall–Kier alpha value is -1.63. The number of hydrogen-bond acceptors (Lipinski definition) is 5. The zero-order valence-electron chi connectivity index (χ0n) is 10.0. The molecule has 0 aromatic heterocycles. The number of amides is 2. The first-order valence-electron chi connectivity index (χ1n) is 5.34. The maximum Gasteiger partial charge on any atom is 0.330 e. The van der Waals surface area contributed by atoms with Crippen molar-refractivity contribution in [1.29, 1.82) is 0 Å². The normalized spacial score (nSPS) is 20.1. The fourth-order valence-electron chi connectivity index (χ4n) is 1.85. The van der Waals surface area contributed by atoms with E-state index in [9.17, 15) is 14.4 Å². The third-order valence-corrected chi connectivity index (χ3v) is 2.79. The highest BCUT2D eigenvalue weighted by Gasteiger charge is 2.35. The van der Waals surface area contributed by atoms with Crippen LogP contribution in [0.15, 0.2) is 0 Å². The minimum atomic E-state index is -0.734. The molecule has 7 heteroatoms. The number of nitrogens with two attached hydrogens (primary N) is 1. The van der Waals surface area contributed by atoms with E-state index in [4.69, 9.17) is 5.73 Å². The summed E-state index contributed by atoms with van der Waals surface area (Å²) in [5.74, 6) is -0.961. The summed E-state index contributed by atoms with van der Waals surface area (Å²) in [6.07, 6.45) is 0. The first-order valence-corrected chi connectivity index (χ1v) is 5.34. The van der Waals surface area contributed by atoms with Crippen LogP contribution in [0, 0.1) is 0 Å². The number of rotatable bonds is 2. The zero-order chi connectivity index (χ0) is 13.0. The topological polar surface area (TPSA) is 92.9 Å². The molecule has 96 valence electrons. The maximum absolute atomic E-state index is 11.6. The second kappa shape index (κ2) is 5.62. The predicted octanol–water partition coefficient (Wildman–Crippen LogP) is -1.82. The maximum atomic E-state index is 11.6. The molecule has 0 saturated carbocycles. The molecule has 2 N–H and O–H groups in total. The molecular formula is C10H17N3O4. The fraction of sp³-hybridized carbons (Fsp3) is 0.700. The Kier molecular flexibility index (Phi) is 4.45. The van der Waals surface area contributed by atoms with Crippen LogP contribution in [0.2, 0.25) is 0 Å². The molecule has 1 atom stereocenters. The quantitative estimate of drug-likeness (QED) is 0.576. The van der Waals surface area contributed by atoms with E-state index in [0.29, 0.717) is 13.1 Å². The highest BCUT2D eigenvalue weighted by molar-refractivity contribution is 5.85. The summed E-state index contributed by atoms with van der Waals surface area (Å²) in [5.41, 5.74) is 5.26. The van der Waals surface area contributed by atoms with Crippen LogP contribution in [-0.4, -0.2) is 66.9 Å². The number of nitrogens with zero attached hydrogens (tertiary/aromatic N) is 2. The molecule has 1 aliphatic rings. The average Bonchev–Trinajstić information content (AvgIpc) is 2.35. The summed E-state index contributed by atoms with van der Waals surface area (Å²) in [4.78, 5) is 37.2. The van der Waals surface area contributed by atoms with Gasteiger partial charge in [0.1, 0.15) is 6.04 Å². The van der Waals surface area contributed by atoms with Crippen molar-refractivity contribution in [1.82, 2.24) is 9.80 Å². The highest BCUT2D eigenvalue weighted by Crippen LogP contribution is 2.11. The molecule has 0 aromatic rings. The monoisotopic (exact) mass is 243 g/mol. The molecule has 0 aromatic carbocycles. The second-order valence-corrected chi connectivity index (χ2v) is 3.80. The largest absolute Gasteiger partial charge is 0.467 e. The van der Waals surface area contributed by atoms with E-state index in [1.807, 2.05) is 0 Å². The minimum absolute atomic E-state index is 0.103. The van der Waals surface area contributed by atoms with E-state index in [0.717, 1.165) is 0 Å². The lowest BCUT2D eigenvalue weighted by Crippen LogP contribution is -2.59. The van der Waals surface area contributed by atoms with Gasteiger partial charge in [-0.3, -0.25) is 9.59 Å². The summed E-state index contributed by atoms with van der Waals surface area (Å²) in [6.45, 7) is 2.14. The third kappa shape index (κ3) is 2.94. The van der Waals surface area contributed by atoms with Gasteiger partial charge in [0.2, 0.25) is 11.8 Å². The molecule has 0 aliphatic carbocycles. The molecule has 2 amide bonds. The number of hydrogen-bond donors (Lipinski definition) is 1. The van der Waals surface area contributed by atoms with Crippen LogP contribution < -0.4 is 5.73 Å². The van der Waals surface area contributed by atoms with E-state index < -0.39 is 12.0 Å².